The van der Waals surface area contributed by atoms with Crippen molar-refractivity contribution in [2.45, 2.75) is 13.3 Å². The fourth-order valence-electron chi connectivity index (χ4n) is 2.89. The van der Waals surface area contributed by atoms with E-state index < -0.39 is 0 Å². The van der Waals surface area contributed by atoms with E-state index in [4.69, 9.17) is 4.74 Å². The van der Waals surface area contributed by atoms with Gasteiger partial charge in [0.1, 0.15) is 12.4 Å². The van der Waals surface area contributed by atoms with Gasteiger partial charge in [-0.05, 0) is 65.1 Å². The number of benzene rings is 3. The lowest BCUT2D eigenvalue weighted by Gasteiger charge is -2.07. The highest BCUT2D eigenvalue weighted by atomic mass is 79.9. The maximum absolute atomic E-state index is 11.3. The third kappa shape index (κ3) is 6.06. The van der Waals surface area contributed by atoms with E-state index in [1.807, 2.05) is 36.4 Å². The lowest BCUT2D eigenvalue weighted by Crippen LogP contribution is -2.04. The van der Waals surface area contributed by atoms with E-state index in [9.17, 15) is 4.79 Å². The van der Waals surface area contributed by atoms with E-state index in [2.05, 4.69) is 70.1 Å². The molecule has 0 unspecified atom stereocenters. The van der Waals surface area contributed by atoms with Crippen molar-refractivity contribution in [1.29, 1.82) is 0 Å². The molecule has 148 valence electrons. The third-order valence-electron chi connectivity index (χ3n) is 4.66. The van der Waals surface area contributed by atoms with Gasteiger partial charge in [0.15, 0.2) is 0 Å². The predicted molar refractivity (Wildman–Crippen MR) is 121 cm³/mol. The molecule has 0 heterocycles. The highest BCUT2D eigenvalue weighted by Gasteiger charge is 2.03. The monoisotopic (exact) mass is 450 g/mol. The number of rotatable bonds is 7. The van der Waals surface area contributed by atoms with Gasteiger partial charge in [-0.3, -0.25) is 4.79 Å². The molecule has 0 amide bonds. The van der Waals surface area contributed by atoms with Crippen LogP contribution in [0.5, 0.6) is 5.75 Å². The molecule has 0 aliphatic rings. The van der Waals surface area contributed by atoms with E-state index in [1.165, 1.54) is 23.8 Å². The Morgan fingerprint density at radius 2 is 1.48 bits per heavy atom. The van der Waals surface area contributed by atoms with Crippen LogP contribution in [0.2, 0.25) is 0 Å². The van der Waals surface area contributed by atoms with Gasteiger partial charge in [-0.2, -0.15) is 0 Å². The van der Waals surface area contributed by atoms with Gasteiger partial charge in [0, 0.05) is 4.47 Å². The highest BCUT2D eigenvalue weighted by Crippen LogP contribution is 2.24. The first-order chi connectivity index (χ1) is 14.0. The van der Waals surface area contributed by atoms with E-state index in [1.54, 1.807) is 0 Å². The smallest absolute Gasteiger partial charge is 0.309 e. The summed E-state index contributed by atoms with van der Waals surface area (Å²) in [4.78, 5) is 11.3. The predicted octanol–water partition coefficient (Wildman–Crippen LogP) is 6.31. The minimum atomic E-state index is -0.247. The van der Waals surface area contributed by atoms with Gasteiger partial charge in [0.05, 0.1) is 13.5 Å². The summed E-state index contributed by atoms with van der Waals surface area (Å²) < 4.78 is 11.5. The zero-order valence-electron chi connectivity index (χ0n) is 16.5. The maximum Gasteiger partial charge on any atom is 0.309 e. The number of carbonyl (C=O) groups is 1. The number of esters is 1. The number of hydrogen-bond donors (Lipinski definition) is 0. The molecule has 0 saturated heterocycles. The lowest BCUT2D eigenvalue weighted by atomic mass is 10.0. The topological polar surface area (TPSA) is 35.5 Å². The van der Waals surface area contributed by atoms with E-state index in [-0.39, 0.29) is 12.4 Å². The summed E-state index contributed by atoms with van der Waals surface area (Å²) in [6.45, 7) is 2.56. The molecule has 3 aromatic rings. The average molecular weight is 451 g/mol. The van der Waals surface area contributed by atoms with Gasteiger partial charge in [-0.1, -0.05) is 64.5 Å². The first-order valence-electron chi connectivity index (χ1n) is 9.37. The summed E-state index contributed by atoms with van der Waals surface area (Å²) in [5, 5.41) is 0. The number of hydrogen-bond acceptors (Lipinski definition) is 3. The summed E-state index contributed by atoms with van der Waals surface area (Å²) in [7, 11) is 1.39. The average Bonchev–Trinajstić information content (AvgIpc) is 2.75. The molecule has 0 N–H and O–H groups in total. The van der Waals surface area contributed by atoms with Crippen molar-refractivity contribution in [1.82, 2.24) is 0 Å². The molecule has 0 saturated carbocycles. The fourth-order valence-corrected chi connectivity index (χ4v) is 3.16. The van der Waals surface area contributed by atoms with Crippen LogP contribution in [0, 0.1) is 0 Å². The Morgan fingerprint density at radius 3 is 2.07 bits per heavy atom. The van der Waals surface area contributed by atoms with Crippen LogP contribution in [0.15, 0.2) is 83.3 Å². The standard InChI is InChI=1S/C25H23BrO3/c1-18(15-16-29-24-13-3-19(4-14-24)17-25(27)28-2)20-5-7-21(8-6-20)22-9-11-23(26)12-10-22/h3-15H,16-17H2,1-2H3/b18-15-. The molecule has 0 spiro atoms. The molecule has 3 rings (SSSR count). The quantitative estimate of drug-likeness (QED) is 0.395. The summed E-state index contributed by atoms with van der Waals surface area (Å²) in [6, 6.07) is 24.3. The van der Waals surface area contributed by atoms with Crippen molar-refractivity contribution in [2.24, 2.45) is 0 Å². The largest absolute Gasteiger partial charge is 0.490 e. The molecular formula is C25H23BrO3. The second kappa shape index (κ2) is 10.1. The Kier molecular flexibility index (Phi) is 7.25. The van der Waals surface area contributed by atoms with E-state index in [0.29, 0.717) is 6.61 Å². The van der Waals surface area contributed by atoms with Crippen LogP contribution < -0.4 is 4.74 Å². The number of halogens is 1. The number of methoxy groups -OCH3 is 1. The SMILES string of the molecule is COC(=O)Cc1ccc(OC/C=C(/C)c2ccc(-c3ccc(Br)cc3)cc2)cc1. The number of carbonyl (C=O) groups excluding carboxylic acids is 1. The van der Waals surface area contributed by atoms with Crippen LogP contribution in [0.25, 0.3) is 16.7 Å². The molecule has 0 aliphatic heterocycles. The summed E-state index contributed by atoms with van der Waals surface area (Å²) >= 11 is 3.47. The van der Waals surface area contributed by atoms with Gasteiger partial charge in [-0.15, -0.1) is 0 Å². The van der Waals surface area contributed by atoms with Crippen molar-refractivity contribution >= 4 is 27.5 Å². The Bertz CT molecular complexity index is 972. The van der Waals surface area contributed by atoms with Crippen molar-refractivity contribution < 1.29 is 14.3 Å². The minimum Gasteiger partial charge on any atom is -0.490 e. The van der Waals surface area contributed by atoms with Crippen LogP contribution >= 0.6 is 15.9 Å². The minimum absolute atomic E-state index is 0.247. The third-order valence-corrected chi connectivity index (χ3v) is 5.19. The summed E-state index contributed by atoms with van der Waals surface area (Å²) in [5.74, 6) is 0.525. The molecule has 0 aliphatic carbocycles. The second-order valence-electron chi connectivity index (χ2n) is 6.68. The van der Waals surface area contributed by atoms with Gasteiger partial charge < -0.3 is 9.47 Å². The van der Waals surface area contributed by atoms with Gasteiger partial charge in [0.25, 0.3) is 0 Å². The van der Waals surface area contributed by atoms with Crippen molar-refractivity contribution in [3.05, 3.63) is 94.5 Å². The summed E-state index contributed by atoms with van der Waals surface area (Å²) in [6.07, 6.45) is 2.34. The first kappa shape index (κ1) is 20.9. The first-order valence-corrected chi connectivity index (χ1v) is 10.2. The molecule has 29 heavy (non-hydrogen) atoms. The Morgan fingerprint density at radius 1 is 0.897 bits per heavy atom. The highest BCUT2D eigenvalue weighted by molar-refractivity contribution is 9.10. The molecule has 3 nitrogen and oxygen atoms in total. The van der Waals surface area contributed by atoms with Crippen molar-refractivity contribution in [3.63, 3.8) is 0 Å². The van der Waals surface area contributed by atoms with Crippen molar-refractivity contribution in [2.75, 3.05) is 13.7 Å². The lowest BCUT2D eigenvalue weighted by molar-refractivity contribution is -0.139. The van der Waals surface area contributed by atoms with E-state index in [0.717, 1.165) is 21.4 Å². The van der Waals surface area contributed by atoms with E-state index >= 15 is 0 Å². The molecule has 0 aromatic heterocycles. The Labute approximate surface area is 180 Å². The molecule has 0 atom stereocenters. The fraction of sp³-hybridized carbons (Fsp3) is 0.160. The molecule has 4 heteroatoms. The molecule has 0 radical (unpaired) electrons. The molecule has 3 aromatic carbocycles. The molecule has 0 fully saturated rings. The van der Waals surface area contributed by atoms with Crippen LogP contribution in [0.1, 0.15) is 18.1 Å². The Hall–Kier alpha value is -2.85. The van der Waals surface area contributed by atoms with Gasteiger partial charge >= 0.3 is 5.97 Å². The summed E-state index contributed by atoms with van der Waals surface area (Å²) in [5.41, 5.74) is 5.62. The van der Waals surface area contributed by atoms with Crippen molar-refractivity contribution in [3.8, 4) is 16.9 Å². The van der Waals surface area contributed by atoms with Crippen LogP contribution in [0.4, 0.5) is 0 Å². The van der Waals surface area contributed by atoms with Crippen LogP contribution in [-0.2, 0) is 16.0 Å². The Balaban J connectivity index is 1.57. The molecule has 0 bridgehead atoms. The number of ether oxygens (including phenoxy) is 2. The maximum atomic E-state index is 11.3. The zero-order valence-corrected chi connectivity index (χ0v) is 18.1. The second-order valence-corrected chi connectivity index (χ2v) is 7.59. The normalized spacial score (nSPS) is 11.2. The number of allylic oxidation sites excluding steroid dienone is 1. The van der Waals surface area contributed by atoms with Gasteiger partial charge in [0.2, 0.25) is 0 Å². The van der Waals surface area contributed by atoms with Crippen LogP contribution in [0.3, 0.4) is 0 Å². The van der Waals surface area contributed by atoms with Crippen LogP contribution in [-0.4, -0.2) is 19.7 Å². The zero-order chi connectivity index (χ0) is 20.6. The molecular weight excluding hydrogens is 428 g/mol. The van der Waals surface area contributed by atoms with Gasteiger partial charge in [-0.25, -0.2) is 0 Å².